The highest BCUT2D eigenvalue weighted by Crippen LogP contribution is 2.42. The molecule has 0 bridgehead atoms. The van der Waals surface area contributed by atoms with E-state index in [0.29, 0.717) is 5.75 Å². The summed E-state index contributed by atoms with van der Waals surface area (Å²) >= 11 is 0. The third-order valence-corrected chi connectivity index (χ3v) is 9.62. The summed E-state index contributed by atoms with van der Waals surface area (Å²) in [4.78, 5) is 26.3. The molecular formula is C37H55N5O5. The van der Waals surface area contributed by atoms with Crippen molar-refractivity contribution in [3.8, 4) is 11.5 Å². The van der Waals surface area contributed by atoms with Crippen molar-refractivity contribution in [3.63, 3.8) is 0 Å². The minimum Gasteiger partial charge on any atom is -0.487 e. The Bertz CT molecular complexity index is 1420. The molecule has 10 heteroatoms. The van der Waals surface area contributed by atoms with E-state index in [-0.39, 0.29) is 35.6 Å². The maximum absolute atomic E-state index is 12.7. The number of rotatable bonds is 19. The van der Waals surface area contributed by atoms with E-state index in [1.807, 2.05) is 19.9 Å². The second kappa shape index (κ2) is 17.9. The number of benzene rings is 2. The Labute approximate surface area is 280 Å². The molecule has 0 aromatic heterocycles. The van der Waals surface area contributed by atoms with Gasteiger partial charge in [-0.3, -0.25) is 14.9 Å². The highest BCUT2D eigenvalue weighted by atomic mass is 16.6. The molecule has 1 N–H and O–H groups in total. The van der Waals surface area contributed by atoms with E-state index in [0.717, 1.165) is 65.9 Å². The number of carbonyl (C=O) groups is 1. The molecule has 3 atom stereocenters. The summed E-state index contributed by atoms with van der Waals surface area (Å²) in [6.07, 6.45) is 13.2. The van der Waals surface area contributed by atoms with Crippen LogP contribution in [0.1, 0.15) is 122 Å². The number of nitro benzene ring substituents is 1. The van der Waals surface area contributed by atoms with Gasteiger partial charge in [-0.25, -0.2) is 0 Å². The number of nitro groups is 1. The van der Waals surface area contributed by atoms with Gasteiger partial charge in [-0.2, -0.15) is 0 Å². The Kier molecular flexibility index (Phi) is 14.4. The van der Waals surface area contributed by atoms with Gasteiger partial charge in [-0.1, -0.05) is 83.8 Å². The van der Waals surface area contributed by atoms with Crippen molar-refractivity contribution in [2.75, 3.05) is 11.9 Å². The van der Waals surface area contributed by atoms with Crippen LogP contribution in [0.5, 0.6) is 11.5 Å². The number of nitrogens with one attached hydrogen (secondary N) is 1. The van der Waals surface area contributed by atoms with Gasteiger partial charge < -0.3 is 14.8 Å². The van der Waals surface area contributed by atoms with Gasteiger partial charge in [-0.15, -0.1) is 0 Å². The van der Waals surface area contributed by atoms with E-state index in [1.54, 1.807) is 0 Å². The summed E-state index contributed by atoms with van der Waals surface area (Å²) in [5.41, 5.74) is 11.4. The zero-order chi connectivity index (χ0) is 34.6. The average molecular weight is 650 g/mol. The Morgan fingerprint density at radius 2 is 1.72 bits per heavy atom. The summed E-state index contributed by atoms with van der Waals surface area (Å²) in [6.45, 7) is 15.7. The Hall–Kier alpha value is -3.78. The second-order valence-electron chi connectivity index (χ2n) is 14.3. The lowest BCUT2D eigenvalue weighted by atomic mass is 9.85. The quantitative estimate of drug-likeness (QED) is 0.0305. The van der Waals surface area contributed by atoms with E-state index in [2.05, 4.69) is 50.0 Å². The van der Waals surface area contributed by atoms with Crippen LogP contribution in [0.4, 0.5) is 17.1 Å². The molecule has 1 aliphatic heterocycles. The fourth-order valence-corrected chi connectivity index (χ4v) is 6.44. The first-order valence-corrected chi connectivity index (χ1v) is 17.4. The first-order chi connectivity index (χ1) is 22.3. The van der Waals surface area contributed by atoms with Crippen LogP contribution in [-0.4, -0.2) is 23.0 Å². The lowest BCUT2D eigenvalue weighted by Gasteiger charge is -2.37. The van der Waals surface area contributed by atoms with E-state index in [9.17, 15) is 14.9 Å². The zero-order valence-corrected chi connectivity index (χ0v) is 29.6. The van der Waals surface area contributed by atoms with Crippen LogP contribution in [0.3, 0.4) is 0 Å². The van der Waals surface area contributed by atoms with E-state index in [4.69, 9.17) is 15.0 Å². The van der Waals surface area contributed by atoms with Gasteiger partial charge in [0.15, 0.2) is 0 Å². The molecule has 0 spiro atoms. The number of esters is 1. The van der Waals surface area contributed by atoms with Crippen LogP contribution in [0, 0.1) is 41.7 Å². The third-order valence-electron chi connectivity index (χ3n) is 9.62. The highest BCUT2D eigenvalue weighted by Gasteiger charge is 2.33. The number of hydrogen-bond donors (Lipinski definition) is 1. The number of carbonyl (C=O) groups excluding carboxylic acids is 1. The van der Waals surface area contributed by atoms with Crippen molar-refractivity contribution in [3.05, 3.63) is 61.5 Å². The molecule has 2 aromatic rings. The molecule has 0 aliphatic carbocycles. The van der Waals surface area contributed by atoms with Gasteiger partial charge in [0.1, 0.15) is 22.8 Å². The van der Waals surface area contributed by atoms with Crippen molar-refractivity contribution in [2.24, 2.45) is 22.9 Å². The first-order valence-electron chi connectivity index (χ1n) is 17.4. The molecule has 1 heterocycles. The number of fused-ring (bicyclic) bond motifs is 1. The molecule has 0 saturated heterocycles. The normalized spacial score (nSPS) is 16.9. The second-order valence-corrected chi connectivity index (χ2v) is 14.3. The monoisotopic (exact) mass is 649 g/mol. The summed E-state index contributed by atoms with van der Waals surface area (Å²) in [5.74, 6) is 3.36. The predicted octanol–water partition coefficient (Wildman–Crippen LogP) is 11.1. The smallest absolute Gasteiger partial charge is 0.312 e. The van der Waals surface area contributed by atoms with E-state index < -0.39 is 10.9 Å². The van der Waals surface area contributed by atoms with Crippen molar-refractivity contribution < 1.29 is 19.2 Å². The summed E-state index contributed by atoms with van der Waals surface area (Å²) in [7, 11) is 0. The summed E-state index contributed by atoms with van der Waals surface area (Å²) in [5, 5.41) is 17.8. The maximum atomic E-state index is 12.7. The molecule has 258 valence electrons. The van der Waals surface area contributed by atoms with Gasteiger partial charge in [0.2, 0.25) is 0 Å². The molecule has 10 nitrogen and oxygen atoms in total. The van der Waals surface area contributed by atoms with E-state index in [1.165, 1.54) is 63.1 Å². The molecule has 2 aromatic carbocycles. The Morgan fingerprint density at radius 1 is 1.06 bits per heavy atom. The van der Waals surface area contributed by atoms with Crippen LogP contribution in [-0.2, 0) is 11.2 Å². The summed E-state index contributed by atoms with van der Waals surface area (Å²) in [6, 6.07) is 6.04. The minimum atomic E-state index is -0.567. The van der Waals surface area contributed by atoms with Gasteiger partial charge in [0.05, 0.1) is 11.3 Å². The Balaban J connectivity index is 1.47. The topological polar surface area (TPSA) is 139 Å². The molecule has 0 unspecified atom stereocenters. The molecule has 47 heavy (non-hydrogen) atoms. The average Bonchev–Trinajstić information content (AvgIpc) is 3.00. The molecule has 3 rings (SSSR count). The third kappa shape index (κ3) is 11.8. The SMILES string of the molecule is Cc1c(OC(=O)CCNc2ccc(N=[N+]=[N-])cc2[N+](=O)[O-])cc2c(c1C)O[C@@](C)(CCC[C@H](C)CCC[C@H](C)CCCC(C)C)CC2. The maximum Gasteiger partial charge on any atom is 0.312 e. The van der Waals surface area contributed by atoms with Gasteiger partial charge in [0, 0.05) is 23.2 Å². The number of azide groups is 1. The predicted molar refractivity (Wildman–Crippen MR) is 189 cm³/mol. The van der Waals surface area contributed by atoms with E-state index >= 15 is 0 Å². The van der Waals surface area contributed by atoms with Crippen molar-refractivity contribution in [2.45, 2.75) is 131 Å². The van der Waals surface area contributed by atoms with Crippen LogP contribution < -0.4 is 14.8 Å². The molecule has 0 saturated carbocycles. The number of nitrogens with zero attached hydrogens (tertiary/aromatic N) is 4. The minimum absolute atomic E-state index is 0.00907. The fourth-order valence-electron chi connectivity index (χ4n) is 6.44. The Morgan fingerprint density at radius 3 is 2.36 bits per heavy atom. The largest absolute Gasteiger partial charge is 0.487 e. The van der Waals surface area contributed by atoms with Crippen LogP contribution >= 0.6 is 0 Å². The molecule has 0 fully saturated rings. The van der Waals surface area contributed by atoms with Crippen LogP contribution in [0.2, 0.25) is 0 Å². The molecule has 0 radical (unpaired) electrons. The number of anilines is 1. The number of hydrogen-bond acceptors (Lipinski definition) is 7. The van der Waals surface area contributed by atoms with Gasteiger partial charge >= 0.3 is 5.97 Å². The lowest BCUT2D eigenvalue weighted by molar-refractivity contribution is -0.383. The molecule has 0 amide bonds. The first kappa shape index (κ1) is 37.7. The van der Waals surface area contributed by atoms with Gasteiger partial charge in [0.25, 0.3) is 5.69 Å². The highest BCUT2D eigenvalue weighted by molar-refractivity contribution is 5.75. The van der Waals surface area contributed by atoms with Crippen molar-refractivity contribution in [1.82, 2.24) is 0 Å². The number of aryl methyl sites for hydroxylation is 1. The molecular weight excluding hydrogens is 594 g/mol. The molecule has 1 aliphatic rings. The zero-order valence-electron chi connectivity index (χ0n) is 29.6. The van der Waals surface area contributed by atoms with Crippen molar-refractivity contribution >= 4 is 23.0 Å². The van der Waals surface area contributed by atoms with Gasteiger partial charge in [-0.05, 0) is 98.6 Å². The standard InChI is InChI=1S/C37H55N5O5/c1-25(2)11-8-12-26(3)13-9-14-27(4)15-10-20-37(7)21-18-30-23-34(28(5)29(6)36(30)47-37)46-35(43)19-22-39-32-17-16-31(40-41-38)24-33(32)42(44)45/h16-17,23-27,39H,8-15,18-22H2,1-7H3/t26-,27-,37+/m1/s1. The number of ether oxygens (including phenoxy) is 2. The van der Waals surface area contributed by atoms with Crippen LogP contribution in [0.25, 0.3) is 10.4 Å². The summed E-state index contributed by atoms with van der Waals surface area (Å²) < 4.78 is 12.4. The lowest BCUT2D eigenvalue weighted by Crippen LogP contribution is -2.36. The fraction of sp³-hybridized carbons (Fsp3) is 0.649. The van der Waals surface area contributed by atoms with Crippen molar-refractivity contribution in [1.29, 1.82) is 0 Å². The van der Waals surface area contributed by atoms with Crippen LogP contribution in [0.15, 0.2) is 29.4 Å².